The zero-order chi connectivity index (χ0) is 46.6. The fraction of sp³-hybridized carbons (Fsp3) is 0.262. The first-order valence-electron chi connectivity index (χ1n) is 19.5. The minimum Gasteiger partial charge on any atom is -0.391 e. The summed E-state index contributed by atoms with van der Waals surface area (Å²) in [5, 5.41) is 20.0. The fourth-order valence-corrected chi connectivity index (χ4v) is 9.45. The highest BCUT2D eigenvalue weighted by Crippen LogP contribution is 2.68. The Bertz CT molecular complexity index is 3320. The number of sulfonamides is 1. The van der Waals surface area contributed by atoms with Crippen LogP contribution in [0.2, 0.25) is 5.02 Å². The molecular weight excluding hydrogens is 916 g/mol. The van der Waals surface area contributed by atoms with Crippen molar-refractivity contribution in [2.45, 2.75) is 50.3 Å². The van der Waals surface area contributed by atoms with Crippen molar-refractivity contribution in [1.82, 2.24) is 34.4 Å². The number of benzene rings is 4. The van der Waals surface area contributed by atoms with Crippen molar-refractivity contribution in [1.29, 1.82) is 0 Å². The number of nitrogens with zero attached hydrogens (tertiary/aromatic N) is 6. The van der Waals surface area contributed by atoms with Gasteiger partial charge in [-0.15, -0.1) is 0 Å². The number of carbonyl (C=O) groups is 1. The van der Waals surface area contributed by atoms with Crippen molar-refractivity contribution in [3.8, 4) is 16.8 Å². The average molecular weight is 947 g/mol. The zero-order valence-corrected chi connectivity index (χ0v) is 35.1. The third-order valence-electron chi connectivity index (χ3n) is 11.5. The second kappa shape index (κ2) is 15.7. The first-order chi connectivity index (χ1) is 30.7. The number of amides is 1. The molecule has 2 aliphatic rings. The molecule has 0 spiro atoms. The van der Waals surface area contributed by atoms with Crippen LogP contribution < -0.4 is 15.6 Å². The number of fused-ring (bicyclic) bond motifs is 5. The molecular formula is C42H31ClF8N8O5S. The number of hydrogen-bond donors (Lipinski definition) is 3. The minimum atomic E-state index is -3.97. The van der Waals surface area contributed by atoms with E-state index in [0.29, 0.717) is 10.7 Å². The Hall–Kier alpha value is -6.39. The number of halogens is 9. The Morgan fingerprint density at radius 3 is 2.42 bits per heavy atom. The van der Waals surface area contributed by atoms with Gasteiger partial charge < -0.3 is 10.4 Å². The van der Waals surface area contributed by atoms with Crippen molar-refractivity contribution >= 4 is 55.2 Å². The molecule has 0 saturated heterocycles. The Morgan fingerprint density at radius 1 is 1.02 bits per heavy atom. The van der Waals surface area contributed by atoms with Crippen LogP contribution in [0.1, 0.15) is 58.7 Å². The number of hydrogen-bond acceptors (Lipinski definition) is 8. The number of rotatable bonds is 12. The van der Waals surface area contributed by atoms with Crippen LogP contribution in [0.4, 0.5) is 40.9 Å². The molecule has 65 heavy (non-hydrogen) atoms. The van der Waals surface area contributed by atoms with E-state index in [0.717, 1.165) is 35.1 Å². The highest BCUT2D eigenvalue weighted by molar-refractivity contribution is 7.92. The van der Waals surface area contributed by atoms with E-state index < -0.39 is 117 Å². The van der Waals surface area contributed by atoms with Crippen molar-refractivity contribution < 1.29 is 53.4 Å². The van der Waals surface area contributed by atoms with Crippen LogP contribution in [-0.2, 0) is 47.4 Å². The molecule has 0 aliphatic heterocycles. The lowest BCUT2D eigenvalue weighted by atomic mass is 10.00. The summed E-state index contributed by atoms with van der Waals surface area (Å²) in [7, 11) is -2.58. The molecule has 0 unspecified atom stereocenters. The van der Waals surface area contributed by atoms with E-state index in [1.807, 2.05) is 0 Å². The molecule has 3 heterocycles. The van der Waals surface area contributed by atoms with Crippen molar-refractivity contribution in [2.24, 2.45) is 13.0 Å². The molecule has 0 radical (unpaired) electrons. The van der Waals surface area contributed by atoms with Crippen molar-refractivity contribution in [2.75, 3.05) is 11.0 Å². The van der Waals surface area contributed by atoms with Crippen molar-refractivity contribution in [3.63, 3.8) is 0 Å². The molecule has 23 heteroatoms. The van der Waals surface area contributed by atoms with Gasteiger partial charge in [-0.3, -0.25) is 28.2 Å². The van der Waals surface area contributed by atoms with Gasteiger partial charge in [-0.05, 0) is 72.0 Å². The van der Waals surface area contributed by atoms with Gasteiger partial charge in [0.25, 0.3) is 17.9 Å². The van der Waals surface area contributed by atoms with Gasteiger partial charge in [0.2, 0.25) is 15.9 Å². The summed E-state index contributed by atoms with van der Waals surface area (Å²) in [6.07, 6.45) is -3.02. The molecule has 338 valence electrons. The van der Waals surface area contributed by atoms with E-state index in [1.54, 1.807) is 0 Å². The van der Waals surface area contributed by atoms with Gasteiger partial charge in [0, 0.05) is 42.1 Å². The van der Waals surface area contributed by atoms with Crippen LogP contribution in [0.25, 0.3) is 38.6 Å². The zero-order valence-electron chi connectivity index (χ0n) is 33.5. The first-order valence-corrected chi connectivity index (χ1v) is 21.7. The largest absolute Gasteiger partial charge is 0.391 e. The maximum Gasteiger partial charge on any atom is 0.293 e. The van der Waals surface area contributed by atoms with Crippen LogP contribution in [-0.4, -0.2) is 54.8 Å². The summed E-state index contributed by atoms with van der Waals surface area (Å²) < 4.78 is 149. The summed E-state index contributed by atoms with van der Waals surface area (Å²) in [5.41, 5.74) is -4.20. The maximum atomic E-state index is 15.6. The van der Waals surface area contributed by atoms with Crippen LogP contribution in [0.15, 0.2) is 65.5 Å². The third kappa shape index (κ3) is 7.55. The Balaban J connectivity index is 1.27. The summed E-state index contributed by atoms with van der Waals surface area (Å²) in [6.45, 7) is -2.06. The predicted octanol–water partition coefficient (Wildman–Crippen LogP) is 7.46. The number of alkyl halides is 4. The highest BCUT2D eigenvalue weighted by atomic mass is 35.5. The number of aliphatic hydroxyl groups is 1. The molecule has 3 N–H and O–H groups in total. The molecule has 1 saturated carbocycles. The van der Waals surface area contributed by atoms with E-state index in [2.05, 4.69) is 20.2 Å². The molecule has 1 amide bonds. The van der Waals surface area contributed by atoms with Gasteiger partial charge in [0.1, 0.15) is 47.0 Å². The molecule has 3 atom stereocenters. The average Bonchev–Trinajstić information content (AvgIpc) is 3.76. The van der Waals surface area contributed by atoms with Crippen LogP contribution in [0.3, 0.4) is 0 Å². The molecule has 0 bridgehead atoms. The van der Waals surface area contributed by atoms with Gasteiger partial charge in [-0.2, -0.15) is 19.0 Å². The predicted molar refractivity (Wildman–Crippen MR) is 219 cm³/mol. The summed E-state index contributed by atoms with van der Waals surface area (Å²) in [4.78, 5) is 33.9. The third-order valence-corrected chi connectivity index (χ3v) is 12.3. The number of nitrogens with one attached hydrogen (secondary N) is 2. The monoisotopic (exact) mass is 946 g/mol. The number of aliphatic hydroxyl groups excluding tert-OH is 1. The van der Waals surface area contributed by atoms with Crippen LogP contribution in [0, 0.1) is 29.2 Å². The van der Waals surface area contributed by atoms with Crippen molar-refractivity contribution in [3.05, 3.63) is 133 Å². The Morgan fingerprint density at radius 2 is 1.74 bits per heavy atom. The molecule has 13 nitrogen and oxygen atoms in total. The van der Waals surface area contributed by atoms with E-state index >= 15 is 18.0 Å². The normalized spacial score (nSPS) is 16.9. The number of anilines is 1. The molecule has 2 aliphatic carbocycles. The lowest BCUT2D eigenvalue weighted by molar-refractivity contribution is -0.123. The van der Waals surface area contributed by atoms with Crippen LogP contribution >= 0.6 is 11.6 Å². The summed E-state index contributed by atoms with van der Waals surface area (Å²) in [6, 6.07) is 9.17. The smallest absolute Gasteiger partial charge is 0.293 e. The van der Waals surface area contributed by atoms with Gasteiger partial charge in [-0.25, -0.2) is 39.7 Å². The minimum absolute atomic E-state index is 0.00834. The second-order valence-electron chi connectivity index (χ2n) is 15.8. The molecule has 9 rings (SSSR count). The molecule has 4 aromatic carbocycles. The maximum absolute atomic E-state index is 15.6. The molecule has 1 fully saturated rings. The quantitative estimate of drug-likeness (QED) is 0.106. The summed E-state index contributed by atoms with van der Waals surface area (Å²) in [5.74, 6) is -11.8. The van der Waals surface area contributed by atoms with Gasteiger partial charge in [-0.1, -0.05) is 17.7 Å². The lowest BCUT2D eigenvalue weighted by Gasteiger charge is -2.24. The highest BCUT2D eigenvalue weighted by Gasteiger charge is 2.67. The van der Waals surface area contributed by atoms with Gasteiger partial charge in [0.05, 0.1) is 51.4 Å². The topological polar surface area (TPSA) is 166 Å². The van der Waals surface area contributed by atoms with Gasteiger partial charge in [0.15, 0.2) is 5.82 Å². The second-order valence-corrected chi connectivity index (χ2v) is 18.0. The van der Waals surface area contributed by atoms with Crippen LogP contribution in [0.5, 0.6) is 0 Å². The number of aryl methyl sites for hydroxylation is 1. The lowest BCUT2D eigenvalue weighted by Crippen LogP contribution is -2.38. The Labute approximate surface area is 366 Å². The molecule has 3 aromatic heterocycles. The van der Waals surface area contributed by atoms with E-state index in [4.69, 9.17) is 16.6 Å². The SMILES string of the molecule is Cn1nc(NS(C)(=O)=O)c2c(Cl)ccc(-n3c([C@H](Cc4cc(F)cc(F)c4)NC(=O)Cn4nc(C(F)F)c5c4C(F)(F)[C@@H]4C[C@H]54)nc4cc(-c5ccc(F)c(CO)c5F)ccc4c3=O)c21. The number of carbonyl (C=O) groups excluding carboxylic acids is 1. The van der Waals surface area contributed by atoms with Gasteiger partial charge >= 0.3 is 0 Å². The standard InChI is InChI=1S/C42H31ClF8N8O5S/c1-57-36-30(8-6-26(43)33(36)39(55-57)56-65(2,63)64)59-40(53-28-12-18(3-4-22(28)41(59)62)21-5-7-27(46)24(16-60)34(21)47)29(11-17-9-19(44)13-20(45)10-17)52-31(61)15-58-37-32(35(54-58)38(48)49)23-14-25(23)42(37,50)51/h3-10,12-13,23,25,29,38,60H,11,14-16H2,1-2H3,(H,52,61)(H,55,56)/t23-,25+,29-/m0/s1. The van der Waals surface area contributed by atoms with E-state index in [1.165, 1.54) is 42.1 Å². The molecule has 7 aromatic rings. The van der Waals surface area contributed by atoms with E-state index in [9.17, 15) is 40.3 Å². The fourth-order valence-electron chi connectivity index (χ4n) is 8.71. The number of aromatic nitrogens is 6. The summed E-state index contributed by atoms with van der Waals surface area (Å²) >= 11 is 6.60. The Kier molecular flexibility index (Phi) is 10.6. The first kappa shape index (κ1) is 43.8. The van der Waals surface area contributed by atoms with E-state index in [-0.39, 0.29) is 67.0 Å².